The lowest BCUT2D eigenvalue weighted by Gasteiger charge is -1.89. The predicted molar refractivity (Wildman–Crippen MR) is 34.7 cm³/mol. The summed E-state index contributed by atoms with van der Waals surface area (Å²) in [7, 11) is -4.19. The molecule has 1 atom stereocenters. The van der Waals surface area contributed by atoms with Crippen LogP contribution in [-0.4, -0.2) is 14.2 Å². The Morgan fingerprint density at radius 1 is 1.50 bits per heavy atom. The summed E-state index contributed by atoms with van der Waals surface area (Å²) in [6.45, 7) is 0. The minimum absolute atomic E-state index is 0.155. The Labute approximate surface area is 59.6 Å². The van der Waals surface area contributed by atoms with Gasteiger partial charge >= 0.3 is 10.2 Å². The molecule has 2 nitrogen and oxygen atoms in total. The highest BCUT2D eigenvalue weighted by Gasteiger charge is 2.63. The van der Waals surface area contributed by atoms with Crippen LogP contribution >= 0.6 is 0 Å². The molecule has 0 aromatic carbocycles. The van der Waals surface area contributed by atoms with Gasteiger partial charge in [-0.25, -0.2) is 0 Å². The molecule has 2 aliphatic rings. The lowest BCUT2D eigenvalue weighted by atomic mass is 10.3. The topological polar surface area (TPSA) is 34.1 Å². The fraction of sp³-hybridized carbons (Fsp3) is 1.00. The van der Waals surface area contributed by atoms with Crippen LogP contribution in [0, 0.1) is 11.3 Å². The number of rotatable bonds is 2. The van der Waals surface area contributed by atoms with Crippen molar-refractivity contribution in [3.05, 3.63) is 0 Å². The predicted octanol–water partition coefficient (Wildman–Crippen LogP) is 1.09. The van der Waals surface area contributed by atoms with E-state index in [0.29, 0.717) is 5.41 Å². The Hall–Kier alpha value is -0.120. The monoisotopic (exact) mass is 164 g/mol. The maximum atomic E-state index is 12.0. The zero-order chi connectivity index (χ0) is 7.41. The highest BCUT2D eigenvalue weighted by molar-refractivity contribution is 7.86. The van der Waals surface area contributed by atoms with Crippen LogP contribution in [0.5, 0.6) is 0 Å². The normalized spacial score (nSPS) is 34.3. The molecule has 2 rings (SSSR count). The van der Waals surface area contributed by atoms with Crippen LogP contribution in [0.1, 0.15) is 19.3 Å². The third-order valence-electron chi connectivity index (χ3n) is 2.65. The van der Waals surface area contributed by atoms with Gasteiger partial charge in [-0.05, 0) is 30.6 Å². The van der Waals surface area contributed by atoms with Gasteiger partial charge in [0.2, 0.25) is 0 Å². The van der Waals surface area contributed by atoms with E-state index in [4.69, 9.17) is 0 Å². The molecular weight excluding hydrogens is 155 g/mol. The molecule has 4 heteroatoms. The summed E-state index contributed by atoms with van der Waals surface area (Å²) in [6.07, 6.45) is 3.18. The van der Waals surface area contributed by atoms with Gasteiger partial charge < -0.3 is 0 Å². The standard InChI is InChI=1S/C6H9FO2S/c7-10(8,9)4-5-3-6(5)1-2-6/h5H,1-4H2. The summed E-state index contributed by atoms with van der Waals surface area (Å²) in [5.74, 6) is -0.0741. The molecule has 0 bridgehead atoms. The smallest absolute Gasteiger partial charge is 0.195 e. The Kier molecular flexibility index (Phi) is 1.02. The Bertz CT molecular complexity index is 253. The van der Waals surface area contributed by atoms with E-state index in [1.807, 2.05) is 0 Å². The SMILES string of the molecule is O=S(=O)(F)CC1CC12CC2. The Morgan fingerprint density at radius 2 is 2.10 bits per heavy atom. The lowest BCUT2D eigenvalue weighted by molar-refractivity contribution is 0.544. The summed E-state index contributed by atoms with van der Waals surface area (Å²) >= 11 is 0. The van der Waals surface area contributed by atoms with Crippen LogP contribution in [-0.2, 0) is 10.2 Å². The van der Waals surface area contributed by atoms with E-state index >= 15 is 0 Å². The molecule has 58 valence electrons. The molecule has 0 aliphatic heterocycles. The van der Waals surface area contributed by atoms with Gasteiger partial charge in [0.15, 0.2) is 0 Å². The van der Waals surface area contributed by atoms with Crippen LogP contribution in [0.15, 0.2) is 0 Å². The minimum Gasteiger partial charge on any atom is -0.195 e. The molecule has 1 spiro atoms. The third-order valence-corrected chi connectivity index (χ3v) is 3.45. The van der Waals surface area contributed by atoms with Gasteiger partial charge in [0.1, 0.15) is 0 Å². The van der Waals surface area contributed by atoms with Crippen molar-refractivity contribution in [3.63, 3.8) is 0 Å². The first-order valence-corrected chi connectivity index (χ1v) is 4.99. The first-order valence-electron chi connectivity index (χ1n) is 3.44. The number of hydrogen-bond donors (Lipinski definition) is 0. The van der Waals surface area contributed by atoms with Crippen molar-refractivity contribution in [2.75, 3.05) is 5.75 Å². The number of halogens is 1. The summed E-state index contributed by atoms with van der Waals surface area (Å²) in [5, 5.41) is 0. The van der Waals surface area contributed by atoms with E-state index in [9.17, 15) is 12.3 Å². The van der Waals surface area contributed by atoms with Gasteiger partial charge in [-0.3, -0.25) is 0 Å². The summed E-state index contributed by atoms with van der Waals surface area (Å²) < 4.78 is 32.3. The van der Waals surface area contributed by atoms with Gasteiger partial charge in [0, 0.05) is 0 Å². The highest BCUT2D eigenvalue weighted by Crippen LogP contribution is 2.70. The van der Waals surface area contributed by atoms with Crippen molar-refractivity contribution in [2.45, 2.75) is 19.3 Å². The van der Waals surface area contributed by atoms with E-state index < -0.39 is 10.2 Å². The zero-order valence-electron chi connectivity index (χ0n) is 5.51. The van der Waals surface area contributed by atoms with Crippen molar-refractivity contribution in [1.82, 2.24) is 0 Å². The molecule has 10 heavy (non-hydrogen) atoms. The molecule has 0 aromatic rings. The maximum Gasteiger partial charge on any atom is 0.302 e. The highest BCUT2D eigenvalue weighted by atomic mass is 32.3. The quantitative estimate of drug-likeness (QED) is 0.572. The molecule has 0 saturated heterocycles. The van der Waals surface area contributed by atoms with E-state index in [2.05, 4.69) is 0 Å². The molecule has 2 fully saturated rings. The van der Waals surface area contributed by atoms with E-state index in [1.54, 1.807) is 0 Å². The Morgan fingerprint density at radius 3 is 2.40 bits per heavy atom. The van der Waals surface area contributed by atoms with Crippen molar-refractivity contribution >= 4 is 10.2 Å². The molecule has 2 aliphatic carbocycles. The molecular formula is C6H9FO2S. The van der Waals surface area contributed by atoms with Crippen LogP contribution < -0.4 is 0 Å². The molecule has 1 unspecified atom stereocenters. The first kappa shape index (κ1) is 6.58. The van der Waals surface area contributed by atoms with Gasteiger partial charge in [0.05, 0.1) is 5.75 Å². The number of hydrogen-bond acceptors (Lipinski definition) is 2. The molecule has 0 radical (unpaired) electrons. The lowest BCUT2D eigenvalue weighted by Crippen LogP contribution is -2.01. The van der Waals surface area contributed by atoms with Crippen LogP contribution in [0.3, 0.4) is 0 Å². The van der Waals surface area contributed by atoms with E-state index in [0.717, 1.165) is 19.3 Å². The second kappa shape index (κ2) is 1.55. The molecule has 2 saturated carbocycles. The van der Waals surface area contributed by atoms with Gasteiger partial charge in [0.25, 0.3) is 0 Å². The second-order valence-electron chi connectivity index (χ2n) is 3.47. The average Bonchev–Trinajstić information content (AvgIpc) is 2.50. The van der Waals surface area contributed by atoms with Crippen molar-refractivity contribution in [2.24, 2.45) is 11.3 Å². The molecule has 0 heterocycles. The van der Waals surface area contributed by atoms with Gasteiger partial charge in [-0.1, -0.05) is 0 Å². The third kappa shape index (κ3) is 1.05. The van der Waals surface area contributed by atoms with E-state index in [-0.39, 0.29) is 11.7 Å². The molecule has 0 N–H and O–H groups in total. The molecule has 0 amide bonds. The minimum atomic E-state index is -4.19. The summed E-state index contributed by atoms with van der Waals surface area (Å²) in [4.78, 5) is 0. The Balaban J connectivity index is 1.95. The summed E-state index contributed by atoms with van der Waals surface area (Å²) in [6, 6.07) is 0. The van der Waals surface area contributed by atoms with E-state index in [1.165, 1.54) is 0 Å². The molecule has 0 aromatic heterocycles. The summed E-state index contributed by atoms with van der Waals surface area (Å²) in [5.41, 5.74) is 0.305. The van der Waals surface area contributed by atoms with Crippen LogP contribution in [0.25, 0.3) is 0 Å². The van der Waals surface area contributed by atoms with Crippen molar-refractivity contribution in [3.8, 4) is 0 Å². The zero-order valence-corrected chi connectivity index (χ0v) is 6.32. The van der Waals surface area contributed by atoms with Crippen molar-refractivity contribution < 1.29 is 12.3 Å². The fourth-order valence-corrected chi connectivity index (χ4v) is 2.63. The van der Waals surface area contributed by atoms with Gasteiger partial charge in [-0.2, -0.15) is 8.42 Å². The van der Waals surface area contributed by atoms with Gasteiger partial charge in [-0.15, -0.1) is 3.89 Å². The van der Waals surface area contributed by atoms with Crippen LogP contribution in [0.2, 0.25) is 0 Å². The fourth-order valence-electron chi connectivity index (χ4n) is 1.68. The van der Waals surface area contributed by atoms with Crippen LogP contribution in [0.4, 0.5) is 3.89 Å². The van der Waals surface area contributed by atoms with Crippen molar-refractivity contribution in [1.29, 1.82) is 0 Å². The largest absolute Gasteiger partial charge is 0.302 e. The first-order chi connectivity index (χ1) is 4.52. The maximum absolute atomic E-state index is 12.0. The second-order valence-corrected chi connectivity index (χ2v) is 4.88. The average molecular weight is 164 g/mol.